The van der Waals surface area contributed by atoms with E-state index in [1.165, 1.54) is 11.7 Å². The summed E-state index contributed by atoms with van der Waals surface area (Å²) >= 11 is 0. The van der Waals surface area contributed by atoms with E-state index >= 15 is 0 Å². The van der Waals surface area contributed by atoms with Crippen molar-refractivity contribution in [2.75, 3.05) is 7.05 Å². The van der Waals surface area contributed by atoms with Gasteiger partial charge in [-0.2, -0.15) is 0 Å². The first-order chi connectivity index (χ1) is 5.86. The van der Waals surface area contributed by atoms with Crippen molar-refractivity contribution in [3.63, 3.8) is 0 Å². The van der Waals surface area contributed by atoms with E-state index in [0.29, 0.717) is 0 Å². The Morgan fingerprint density at radius 3 is 2.08 bits per heavy atom. The van der Waals surface area contributed by atoms with Crippen LogP contribution < -0.4 is 5.43 Å². The second-order valence-electron chi connectivity index (χ2n) is 3.27. The zero-order chi connectivity index (χ0) is 10.6. The molecule has 0 radical (unpaired) electrons. The molecular weight excluding hydrogens is 187 g/mol. The minimum Gasteiger partial charge on any atom is -0.300 e. The van der Waals surface area contributed by atoms with Crippen molar-refractivity contribution in [3.8, 4) is 0 Å². The van der Waals surface area contributed by atoms with Crippen LogP contribution in [0, 0.1) is 11.8 Å². The summed E-state index contributed by atoms with van der Waals surface area (Å²) in [6, 6.07) is 0. The number of ketones is 1. The fraction of sp³-hybridized carbons (Fsp3) is 0.750. The Labute approximate surface area is 81.3 Å². The lowest BCUT2D eigenvalue weighted by Crippen LogP contribution is -2.39. The standard InChI is InChI=1S/C8H17N2O2P/c1-5(7(3)11)6(2)8(12)9-10(4)13/h5-6H,13H2,1-4H3,(H,9,12). The van der Waals surface area contributed by atoms with Crippen LogP contribution in [0.1, 0.15) is 20.8 Å². The molecule has 0 spiro atoms. The third kappa shape index (κ3) is 4.34. The molecule has 0 bridgehead atoms. The highest BCUT2D eigenvalue weighted by Gasteiger charge is 2.23. The van der Waals surface area contributed by atoms with Crippen LogP contribution in [0.15, 0.2) is 0 Å². The minimum atomic E-state index is -0.291. The zero-order valence-electron chi connectivity index (χ0n) is 8.50. The summed E-state index contributed by atoms with van der Waals surface area (Å²) in [6.45, 7) is 5.00. The van der Waals surface area contributed by atoms with Crippen LogP contribution in [0.3, 0.4) is 0 Å². The number of carbonyl (C=O) groups excluding carboxylic acids is 2. The normalized spacial score (nSPS) is 15.2. The molecule has 3 atom stereocenters. The molecule has 0 aliphatic heterocycles. The number of hydrogen-bond donors (Lipinski definition) is 1. The van der Waals surface area contributed by atoms with E-state index in [9.17, 15) is 9.59 Å². The summed E-state index contributed by atoms with van der Waals surface area (Å²) in [7, 11) is 4.02. The number of carbonyl (C=O) groups is 2. The van der Waals surface area contributed by atoms with Gasteiger partial charge in [-0.05, 0) is 16.3 Å². The third-order valence-corrected chi connectivity index (χ3v) is 2.22. The minimum absolute atomic E-state index is 0.0362. The summed E-state index contributed by atoms with van der Waals surface area (Å²) in [5.74, 6) is -0.625. The van der Waals surface area contributed by atoms with Gasteiger partial charge in [0.15, 0.2) is 0 Å². The molecule has 0 aromatic carbocycles. The molecule has 0 heterocycles. The zero-order valence-corrected chi connectivity index (χ0v) is 9.65. The molecule has 0 rings (SSSR count). The third-order valence-electron chi connectivity index (χ3n) is 2.09. The SMILES string of the molecule is CC(=O)C(C)C(C)C(=O)NN(C)P. The smallest absolute Gasteiger partial charge is 0.238 e. The van der Waals surface area contributed by atoms with Crippen molar-refractivity contribution in [2.24, 2.45) is 11.8 Å². The summed E-state index contributed by atoms with van der Waals surface area (Å²) in [4.78, 5) is 22.4. The first-order valence-electron chi connectivity index (χ1n) is 4.15. The van der Waals surface area contributed by atoms with Gasteiger partial charge in [0.2, 0.25) is 5.91 Å². The van der Waals surface area contributed by atoms with E-state index in [4.69, 9.17) is 0 Å². The van der Waals surface area contributed by atoms with E-state index in [1.54, 1.807) is 20.9 Å². The molecule has 3 unspecified atom stereocenters. The van der Waals surface area contributed by atoms with Gasteiger partial charge >= 0.3 is 0 Å². The number of Topliss-reactive ketones (excluding diaryl/α,β-unsaturated/α-hetero) is 1. The summed E-state index contributed by atoms with van der Waals surface area (Å²) in [6.07, 6.45) is 0. The maximum Gasteiger partial charge on any atom is 0.238 e. The topological polar surface area (TPSA) is 49.4 Å². The van der Waals surface area contributed by atoms with Gasteiger partial charge in [0.25, 0.3) is 0 Å². The van der Waals surface area contributed by atoms with Gasteiger partial charge in [0.1, 0.15) is 5.78 Å². The summed E-state index contributed by atoms with van der Waals surface area (Å²) < 4.78 is 1.49. The number of rotatable bonds is 4. The molecule has 4 nitrogen and oxygen atoms in total. The van der Waals surface area contributed by atoms with Crippen LogP contribution >= 0.6 is 9.39 Å². The Balaban J connectivity index is 4.17. The molecule has 0 aliphatic rings. The van der Waals surface area contributed by atoms with E-state index in [1.807, 2.05) is 0 Å². The summed E-state index contributed by atoms with van der Waals surface area (Å²) in [5.41, 5.74) is 2.58. The Bertz CT molecular complexity index is 206. The van der Waals surface area contributed by atoms with Gasteiger partial charge in [-0.3, -0.25) is 15.0 Å². The Morgan fingerprint density at radius 2 is 1.77 bits per heavy atom. The van der Waals surface area contributed by atoms with Crippen LogP contribution in [0.25, 0.3) is 0 Å². The molecule has 1 N–H and O–H groups in total. The molecule has 0 aliphatic carbocycles. The summed E-state index contributed by atoms with van der Waals surface area (Å²) in [5, 5.41) is 0. The maximum absolute atomic E-state index is 11.4. The Morgan fingerprint density at radius 1 is 1.31 bits per heavy atom. The fourth-order valence-electron chi connectivity index (χ4n) is 0.855. The highest BCUT2D eigenvalue weighted by molar-refractivity contribution is 7.13. The largest absolute Gasteiger partial charge is 0.300 e. The van der Waals surface area contributed by atoms with Crippen molar-refractivity contribution in [3.05, 3.63) is 0 Å². The van der Waals surface area contributed by atoms with Gasteiger partial charge in [0.05, 0.1) is 0 Å². The van der Waals surface area contributed by atoms with Crippen LogP contribution in [-0.2, 0) is 9.59 Å². The van der Waals surface area contributed by atoms with Crippen molar-refractivity contribution in [1.82, 2.24) is 10.2 Å². The highest BCUT2D eigenvalue weighted by atomic mass is 31.0. The van der Waals surface area contributed by atoms with E-state index in [-0.39, 0.29) is 23.5 Å². The number of nitrogens with one attached hydrogen (secondary N) is 1. The lowest BCUT2D eigenvalue weighted by Gasteiger charge is -2.19. The van der Waals surface area contributed by atoms with Gasteiger partial charge in [-0.15, -0.1) is 0 Å². The van der Waals surface area contributed by atoms with Crippen LogP contribution in [-0.4, -0.2) is 23.5 Å². The van der Waals surface area contributed by atoms with Crippen LogP contribution in [0.2, 0.25) is 0 Å². The monoisotopic (exact) mass is 204 g/mol. The van der Waals surface area contributed by atoms with Crippen molar-refractivity contribution < 1.29 is 9.59 Å². The Kier molecular flexibility index (Phi) is 5.11. The first-order valence-corrected chi connectivity index (χ1v) is 4.67. The van der Waals surface area contributed by atoms with E-state index in [2.05, 4.69) is 14.8 Å². The average molecular weight is 204 g/mol. The number of amides is 1. The molecule has 76 valence electrons. The van der Waals surface area contributed by atoms with E-state index in [0.717, 1.165) is 0 Å². The number of hydrazine groups is 1. The van der Waals surface area contributed by atoms with Crippen molar-refractivity contribution in [1.29, 1.82) is 0 Å². The molecular formula is C8H17N2O2P. The second kappa shape index (κ2) is 5.30. The molecule has 0 aromatic rings. The predicted molar refractivity (Wildman–Crippen MR) is 54.6 cm³/mol. The lowest BCUT2D eigenvalue weighted by atomic mass is 9.92. The van der Waals surface area contributed by atoms with Gasteiger partial charge in [-0.25, -0.2) is 4.78 Å². The van der Waals surface area contributed by atoms with Gasteiger partial charge < -0.3 is 0 Å². The Hall–Kier alpha value is -0.470. The van der Waals surface area contributed by atoms with Crippen LogP contribution in [0.5, 0.6) is 0 Å². The fourth-order valence-corrected chi connectivity index (χ4v) is 0.982. The molecule has 0 aromatic heterocycles. The molecule has 0 saturated heterocycles. The lowest BCUT2D eigenvalue weighted by molar-refractivity contribution is -0.133. The number of nitrogens with zero attached hydrogens (tertiary/aromatic N) is 1. The molecule has 13 heavy (non-hydrogen) atoms. The number of hydrogen-bond acceptors (Lipinski definition) is 3. The van der Waals surface area contributed by atoms with Crippen molar-refractivity contribution in [2.45, 2.75) is 20.8 Å². The molecule has 0 fully saturated rings. The van der Waals surface area contributed by atoms with E-state index < -0.39 is 0 Å². The highest BCUT2D eigenvalue weighted by Crippen LogP contribution is 2.12. The van der Waals surface area contributed by atoms with Crippen LogP contribution in [0.4, 0.5) is 0 Å². The molecule has 5 heteroatoms. The van der Waals surface area contributed by atoms with Gasteiger partial charge in [-0.1, -0.05) is 13.8 Å². The second-order valence-corrected chi connectivity index (χ2v) is 4.05. The quantitative estimate of drug-likeness (QED) is 0.539. The van der Waals surface area contributed by atoms with Crippen molar-refractivity contribution >= 4 is 21.1 Å². The predicted octanol–water partition coefficient (Wildman–Crippen LogP) is 0.601. The maximum atomic E-state index is 11.4. The average Bonchev–Trinajstić information content (AvgIpc) is 2.00. The molecule has 0 saturated carbocycles. The molecule has 1 amide bonds. The van der Waals surface area contributed by atoms with Gasteiger partial charge in [0, 0.05) is 18.9 Å². The first kappa shape index (κ1) is 12.5.